The van der Waals surface area contributed by atoms with Gasteiger partial charge in [0.1, 0.15) is 11.9 Å². The van der Waals surface area contributed by atoms with Crippen molar-refractivity contribution in [3.8, 4) is 6.07 Å². The second kappa shape index (κ2) is 5.65. The van der Waals surface area contributed by atoms with E-state index in [0.29, 0.717) is 0 Å². The number of carbonyl (C=O) groups excluding carboxylic acids is 1. The van der Waals surface area contributed by atoms with Crippen LogP contribution in [0.1, 0.15) is 24.2 Å². The lowest BCUT2D eigenvalue weighted by Gasteiger charge is -2.15. The monoisotopic (exact) mass is 254 g/mol. The Labute approximate surface area is 104 Å². The molecule has 0 aliphatic carbocycles. The van der Waals surface area contributed by atoms with Gasteiger partial charge in [-0.25, -0.2) is 4.39 Å². The first kappa shape index (κ1) is 13.5. The predicted octanol–water partition coefficient (Wildman–Crippen LogP) is 2.76. The van der Waals surface area contributed by atoms with Crippen LogP contribution in [0.25, 0.3) is 0 Å². The molecule has 1 unspecified atom stereocenters. The summed E-state index contributed by atoms with van der Waals surface area (Å²) < 4.78 is 12.8. The summed E-state index contributed by atoms with van der Waals surface area (Å²) in [6.07, 6.45) is 0. The van der Waals surface area contributed by atoms with Crippen LogP contribution < -0.4 is 5.32 Å². The van der Waals surface area contributed by atoms with Crippen LogP contribution >= 0.6 is 11.6 Å². The smallest absolute Gasteiger partial charge is 0.253 e. The van der Waals surface area contributed by atoms with Gasteiger partial charge in [0, 0.05) is 0 Å². The molecule has 0 saturated heterocycles. The van der Waals surface area contributed by atoms with Crippen molar-refractivity contribution >= 4 is 17.5 Å². The molecule has 1 rings (SSSR count). The van der Waals surface area contributed by atoms with Crippen LogP contribution in [-0.2, 0) is 0 Å². The van der Waals surface area contributed by atoms with Crippen molar-refractivity contribution in [2.45, 2.75) is 19.9 Å². The molecule has 5 heteroatoms. The van der Waals surface area contributed by atoms with E-state index in [4.69, 9.17) is 16.9 Å². The van der Waals surface area contributed by atoms with Crippen LogP contribution in [-0.4, -0.2) is 11.9 Å². The van der Waals surface area contributed by atoms with Crippen LogP contribution in [0.4, 0.5) is 4.39 Å². The van der Waals surface area contributed by atoms with E-state index in [1.807, 2.05) is 19.9 Å². The molecule has 0 bridgehead atoms. The number of nitrogens with zero attached hydrogens (tertiary/aromatic N) is 1. The minimum absolute atomic E-state index is 0.0110. The second-order valence-electron chi connectivity index (χ2n) is 3.95. The van der Waals surface area contributed by atoms with Gasteiger partial charge in [-0.2, -0.15) is 5.26 Å². The van der Waals surface area contributed by atoms with Gasteiger partial charge in [0.05, 0.1) is 16.7 Å². The maximum atomic E-state index is 12.8. The minimum Gasteiger partial charge on any atom is -0.336 e. The largest absolute Gasteiger partial charge is 0.336 e. The van der Waals surface area contributed by atoms with Crippen molar-refractivity contribution in [3.05, 3.63) is 34.6 Å². The lowest BCUT2D eigenvalue weighted by molar-refractivity contribution is 0.0937. The molecule has 90 valence electrons. The molecule has 0 saturated carbocycles. The molecular weight excluding hydrogens is 243 g/mol. The Balaban J connectivity index is 2.87. The van der Waals surface area contributed by atoms with Crippen molar-refractivity contribution in [3.63, 3.8) is 0 Å². The van der Waals surface area contributed by atoms with E-state index < -0.39 is 17.8 Å². The number of hydrogen-bond donors (Lipinski definition) is 1. The van der Waals surface area contributed by atoms with E-state index in [0.717, 1.165) is 12.1 Å². The maximum absolute atomic E-state index is 12.8. The van der Waals surface area contributed by atoms with Crippen LogP contribution in [0.15, 0.2) is 18.2 Å². The number of halogens is 2. The molecule has 0 aromatic heterocycles. The maximum Gasteiger partial charge on any atom is 0.253 e. The fourth-order valence-electron chi connectivity index (χ4n) is 1.24. The summed E-state index contributed by atoms with van der Waals surface area (Å²) in [6.45, 7) is 3.64. The van der Waals surface area contributed by atoms with Crippen LogP contribution in [0.2, 0.25) is 5.02 Å². The Morgan fingerprint density at radius 2 is 2.18 bits per heavy atom. The predicted molar refractivity (Wildman–Crippen MR) is 63.1 cm³/mol. The first-order valence-electron chi connectivity index (χ1n) is 5.11. The molecule has 0 radical (unpaired) electrons. The van der Waals surface area contributed by atoms with Gasteiger partial charge < -0.3 is 5.32 Å². The molecule has 0 aliphatic heterocycles. The molecule has 1 N–H and O–H groups in total. The van der Waals surface area contributed by atoms with Crippen molar-refractivity contribution in [2.24, 2.45) is 5.92 Å². The van der Waals surface area contributed by atoms with Crippen molar-refractivity contribution in [1.82, 2.24) is 5.32 Å². The lowest BCUT2D eigenvalue weighted by Crippen LogP contribution is -2.37. The lowest BCUT2D eigenvalue weighted by atomic mass is 10.1. The topological polar surface area (TPSA) is 52.9 Å². The summed E-state index contributed by atoms with van der Waals surface area (Å²) in [5.41, 5.74) is 0.161. The standard InChI is InChI=1S/C12H12ClFN2O/c1-7(2)11(6-15)16-12(17)9-4-3-8(14)5-10(9)13/h3-5,7,11H,1-2H3,(H,16,17). The van der Waals surface area contributed by atoms with Crippen molar-refractivity contribution < 1.29 is 9.18 Å². The first-order valence-corrected chi connectivity index (χ1v) is 5.49. The molecule has 0 heterocycles. The number of nitriles is 1. The molecule has 1 aromatic carbocycles. The van der Waals surface area contributed by atoms with Crippen molar-refractivity contribution in [2.75, 3.05) is 0 Å². The van der Waals surface area contributed by atoms with E-state index >= 15 is 0 Å². The van der Waals surface area contributed by atoms with E-state index in [-0.39, 0.29) is 16.5 Å². The van der Waals surface area contributed by atoms with E-state index in [9.17, 15) is 9.18 Å². The Hall–Kier alpha value is -1.60. The molecule has 1 atom stereocenters. The summed E-state index contributed by atoms with van der Waals surface area (Å²) >= 11 is 5.75. The molecule has 0 fully saturated rings. The first-order chi connectivity index (χ1) is 7.95. The van der Waals surface area contributed by atoms with Crippen LogP contribution in [0, 0.1) is 23.1 Å². The van der Waals surface area contributed by atoms with Crippen LogP contribution in [0.3, 0.4) is 0 Å². The zero-order chi connectivity index (χ0) is 13.0. The van der Waals surface area contributed by atoms with E-state index in [2.05, 4.69) is 5.32 Å². The number of carbonyl (C=O) groups is 1. The summed E-state index contributed by atoms with van der Waals surface area (Å²) in [5.74, 6) is -0.995. The fraction of sp³-hybridized carbons (Fsp3) is 0.333. The van der Waals surface area contributed by atoms with Gasteiger partial charge in [-0.1, -0.05) is 25.4 Å². The van der Waals surface area contributed by atoms with Crippen molar-refractivity contribution in [1.29, 1.82) is 5.26 Å². The number of nitrogens with one attached hydrogen (secondary N) is 1. The third-order valence-electron chi connectivity index (χ3n) is 2.27. The summed E-state index contributed by atoms with van der Waals surface area (Å²) in [4.78, 5) is 11.8. The zero-order valence-corrected chi connectivity index (χ0v) is 10.3. The van der Waals surface area contributed by atoms with Gasteiger partial charge in [0.2, 0.25) is 0 Å². The highest BCUT2D eigenvalue weighted by Crippen LogP contribution is 2.17. The van der Waals surface area contributed by atoms with Gasteiger partial charge in [-0.3, -0.25) is 4.79 Å². The highest BCUT2D eigenvalue weighted by atomic mass is 35.5. The number of rotatable bonds is 3. The zero-order valence-electron chi connectivity index (χ0n) is 9.50. The van der Waals surface area contributed by atoms with Gasteiger partial charge in [0.25, 0.3) is 5.91 Å². The molecule has 1 aromatic rings. The third kappa shape index (κ3) is 3.43. The fourth-order valence-corrected chi connectivity index (χ4v) is 1.49. The molecule has 3 nitrogen and oxygen atoms in total. The SMILES string of the molecule is CC(C)C(C#N)NC(=O)c1ccc(F)cc1Cl. The third-order valence-corrected chi connectivity index (χ3v) is 2.58. The second-order valence-corrected chi connectivity index (χ2v) is 4.36. The molecule has 0 spiro atoms. The number of hydrogen-bond acceptors (Lipinski definition) is 2. The molecule has 17 heavy (non-hydrogen) atoms. The molecular formula is C12H12ClFN2O. The number of amides is 1. The molecule has 1 amide bonds. The quantitative estimate of drug-likeness (QED) is 0.902. The van der Waals surface area contributed by atoms with Crippen LogP contribution in [0.5, 0.6) is 0 Å². The summed E-state index contributed by atoms with van der Waals surface area (Å²) in [6, 6.07) is 4.90. The highest BCUT2D eigenvalue weighted by Gasteiger charge is 2.18. The Kier molecular flexibility index (Phi) is 4.47. The Morgan fingerprint density at radius 1 is 1.53 bits per heavy atom. The van der Waals surface area contributed by atoms with Gasteiger partial charge in [-0.05, 0) is 24.1 Å². The van der Waals surface area contributed by atoms with E-state index in [1.165, 1.54) is 6.07 Å². The average molecular weight is 255 g/mol. The average Bonchev–Trinajstić information content (AvgIpc) is 2.24. The van der Waals surface area contributed by atoms with Gasteiger partial charge in [0.15, 0.2) is 0 Å². The van der Waals surface area contributed by atoms with Gasteiger partial charge in [-0.15, -0.1) is 0 Å². The summed E-state index contributed by atoms with van der Waals surface area (Å²) in [5, 5.41) is 11.4. The summed E-state index contributed by atoms with van der Waals surface area (Å²) in [7, 11) is 0. The molecule has 0 aliphatic rings. The normalized spacial score (nSPS) is 12.0. The number of benzene rings is 1. The van der Waals surface area contributed by atoms with E-state index in [1.54, 1.807) is 0 Å². The van der Waals surface area contributed by atoms with Gasteiger partial charge >= 0.3 is 0 Å². The Bertz CT molecular complexity index is 468. The Morgan fingerprint density at radius 3 is 2.65 bits per heavy atom. The highest BCUT2D eigenvalue weighted by molar-refractivity contribution is 6.33. The minimum atomic E-state index is -0.594.